The minimum absolute atomic E-state index is 0.0248. The number of carbonyl (C=O) groups excluding carboxylic acids is 2. The number of carbonyl (C=O) groups is 2. The van der Waals surface area contributed by atoms with Gasteiger partial charge in [0, 0.05) is 32.7 Å². The van der Waals surface area contributed by atoms with Gasteiger partial charge >= 0.3 is 0 Å². The van der Waals surface area contributed by atoms with Crippen LogP contribution in [0.5, 0.6) is 5.75 Å². The molecule has 1 aliphatic heterocycles. The summed E-state index contributed by atoms with van der Waals surface area (Å²) in [6.45, 7) is 1.67. The molecule has 1 aliphatic rings. The van der Waals surface area contributed by atoms with Crippen LogP contribution >= 0.6 is 0 Å². The topological polar surface area (TPSA) is 108 Å². The largest absolute Gasteiger partial charge is 0.497 e. The maximum atomic E-state index is 13.0. The molecule has 8 nitrogen and oxygen atoms in total. The Balaban J connectivity index is 1.41. The van der Waals surface area contributed by atoms with Gasteiger partial charge in [0.1, 0.15) is 17.4 Å². The van der Waals surface area contributed by atoms with Crippen molar-refractivity contribution in [2.45, 2.75) is 69.6 Å². The summed E-state index contributed by atoms with van der Waals surface area (Å²) in [6.07, 6.45) is 5.63. The van der Waals surface area contributed by atoms with Crippen molar-refractivity contribution in [2.24, 2.45) is 0 Å². The van der Waals surface area contributed by atoms with Crippen LogP contribution in [-0.2, 0) is 26.5 Å². The van der Waals surface area contributed by atoms with E-state index in [4.69, 9.17) is 14.6 Å². The summed E-state index contributed by atoms with van der Waals surface area (Å²) in [6, 6.07) is 25.5. The van der Waals surface area contributed by atoms with Gasteiger partial charge in [-0.3, -0.25) is 9.59 Å². The number of nitrogens with one attached hydrogen (secondary N) is 1. The number of rotatable bonds is 17. The fourth-order valence-electron chi connectivity index (χ4n) is 5.92. The molecule has 1 fully saturated rings. The lowest BCUT2D eigenvalue weighted by atomic mass is 9.79. The predicted octanol–water partition coefficient (Wildman–Crippen LogP) is 4.94. The highest BCUT2D eigenvalue weighted by atomic mass is 16.5. The average molecular weight is 603 g/mol. The average Bonchev–Trinajstić information content (AvgIpc) is 3.58. The molecule has 0 radical (unpaired) electrons. The molecule has 3 N–H and O–H groups in total. The fraction of sp³-hybridized carbons (Fsp3) is 0.444. The number of ether oxygens (including phenoxy) is 2. The first-order chi connectivity index (χ1) is 21.5. The van der Waals surface area contributed by atoms with Crippen LogP contribution in [0.2, 0.25) is 0 Å². The number of hydrogen-bond acceptors (Lipinski definition) is 6. The molecule has 0 aromatic heterocycles. The van der Waals surface area contributed by atoms with Gasteiger partial charge in [-0.05, 0) is 72.9 Å². The van der Waals surface area contributed by atoms with Crippen molar-refractivity contribution in [3.8, 4) is 5.75 Å². The maximum absolute atomic E-state index is 13.0. The lowest BCUT2D eigenvalue weighted by molar-refractivity contribution is -0.138. The molecular weight excluding hydrogens is 556 g/mol. The van der Waals surface area contributed by atoms with Gasteiger partial charge in [-0.2, -0.15) is 0 Å². The number of nitrogens with zero attached hydrogens (tertiary/aromatic N) is 1. The number of aliphatic hydroxyl groups excluding tert-OH is 2. The van der Waals surface area contributed by atoms with Crippen LogP contribution in [0, 0.1) is 0 Å². The van der Waals surface area contributed by atoms with Gasteiger partial charge in [0.25, 0.3) is 0 Å². The highest BCUT2D eigenvalue weighted by Crippen LogP contribution is 2.41. The van der Waals surface area contributed by atoms with Crippen molar-refractivity contribution in [3.63, 3.8) is 0 Å². The summed E-state index contributed by atoms with van der Waals surface area (Å²) in [5.74, 6) is 0.691. The number of aliphatic hydroxyl groups is 2. The van der Waals surface area contributed by atoms with E-state index in [1.807, 2.05) is 66.7 Å². The third kappa shape index (κ3) is 8.25. The molecule has 4 rings (SSSR count). The van der Waals surface area contributed by atoms with Gasteiger partial charge in [-0.25, -0.2) is 0 Å². The summed E-state index contributed by atoms with van der Waals surface area (Å²) in [7, 11) is 1.64. The molecule has 44 heavy (non-hydrogen) atoms. The van der Waals surface area contributed by atoms with Crippen molar-refractivity contribution >= 4 is 11.8 Å². The Morgan fingerprint density at radius 2 is 1.55 bits per heavy atom. The van der Waals surface area contributed by atoms with Crippen LogP contribution in [0.25, 0.3) is 0 Å². The van der Waals surface area contributed by atoms with Crippen LogP contribution in [-0.4, -0.2) is 66.4 Å². The van der Waals surface area contributed by atoms with Gasteiger partial charge in [0.05, 0.1) is 13.7 Å². The molecule has 1 heterocycles. The zero-order valence-electron chi connectivity index (χ0n) is 25.7. The zero-order chi connectivity index (χ0) is 31.2. The van der Waals surface area contributed by atoms with E-state index >= 15 is 0 Å². The second kappa shape index (κ2) is 16.9. The zero-order valence-corrected chi connectivity index (χ0v) is 25.7. The van der Waals surface area contributed by atoms with E-state index in [9.17, 15) is 14.7 Å². The molecule has 0 saturated carbocycles. The number of methoxy groups -OCH3 is 1. The lowest BCUT2D eigenvalue weighted by Crippen LogP contribution is -2.46. The van der Waals surface area contributed by atoms with Crippen molar-refractivity contribution in [1.29, 1.82) is 0 Å². The van der Waals surface area contributed by atoms with E-state index in [1.165, 1.54) is 0 Å². The third-order valence-electron chi connectivity index (χ3n) is 8.33. The number of likely N-dealkylation sites (tertiary alicyclic amines) is 1. The minimum atomic E-state index is -0.896. The Labute approximate surface area is 261 Å². The molecule has 8 heteroatoms. The Morgan fingerprint density at radius 1 is 0.864 bits per heavy atom. The molecule has 1 saturated heterocycles. The summed E-state index contributed by atoms with van der Waals surface area (Å²) >= 11 is 0. The first-order valence-electron chi connectivity index (χ1n) is 15.8. The second-order valence-electron chi connectivity index (χ2n) is 11.3. The van der Waals surface area contributed by atoms with Crippen LogP contribution < -0.4 is 10.1 Å². The van der Waals surface area contributed by atoms with Gasteiger partial charge in [-0.1, -0.05) is 73.2 Å². The molecule has 2 atom stereocenters. The monoisotopic (exact) mass is 602 g/mol. The van der Waals surface area contributed by atoms with E-state index in [2.05, 4.69) is 17.4 Å². The van der Waals surface area contributed by atoms with Crippen LogP contribution in [0.15, 0.2) is 78.9 Å². The van der Waals surface area contributed by atoms with Crippen LogP contribution in [0.1, 0.15) is 73.6 Å². The molecule has 3 aromatic carbocycles. The molecule has 2 amide bonds. The molecular formula is C36H46N2O6. The lowest BCUT2D eigenvalue weighted by Gasteiger charge is -2.36. The summed E-state index contributed by atoms with van der Waals surface area (Å²) in [5.41, 5.74) is 2.81. The van der Waals surface area contributed by atoms with Gasteiger partial charge in [0.2, 0.25) is 11.8 Å². The molecule has 0 aliphatic carbocycles. The van der Waals surface area contributed by atoms with Crippen LogP contribution in [0.4, 0.5) is 0 Å². The van der Waals surface area contributed by atoms with Crippen molar-refractivity contribution in [1.82, 2.24) is 10.2 Å². The first-order valence-corrected chi connectivity index (χ1v) is 15.8. The van der Waals surface area contributed by atoms with Crippen LogP contribution in [0.3, 0.4) is 0 Å². The number of hydrogen-bond donors (Lipinski definition) is 3. The Hall–Kier alpha value is -3.72. The van der Waals surface area contributed by atoms with Crippen molar-refractivity contribution < 1.29 is 29.3 Å². The fourth-order valence-corrected chi connectivity index (χ4v) is 5.92. The maximum Gasteiger partial charge on any atom is 0.242 e. The standard InChI is InChI=1S/C36H46N2O6/c1-43-32-21-19-31(20-22-32)36(29-11-4-2-5-12-29,30-17-15-28(27-40)16-18-30)44-26-9-7-23-37-35(42)33-13-10-24-38(33)34(41)14-6-3-8-25-39/h2,4-5,11-12,15-22,33,39-40H,3,6-10,13-14,23-27H2,1H3,(H,37,42)/t33-,36?/m0/s1. The highest BCUT2D eigenvalue weighted by Gasteiger charge is 2.38. The quantitative estimate of drug-likeness (QED) is 0.149. The van der Waals surface area contributed by atoms with E-state index in [0.717, 1.165) is 60.1 Å². The van der Waals surface area contributed by atoms with E-state index < -0.39 is 11.6 Å². The number of unbranched alkanes of at least 4 members (excludes halogenated alkanes) is 3. The second-order valence-corrected chi connectivity index (χ2v) is 11.3. The predicted molar refractivity (Wildman–Crippen MR) is 170 cm³/mol. The van der Waals surface area contributed by atoms with E-state index in [0.29, 0.717) is 39.0 Å². The Bertz CT molecular complexity index is 1250. The first kappa shape index (κ1) is 33.2. The van der Waals surface area contributed by atoms with Gasteiger partial charge in [-0.15, -0.1) is 0 Å². The minimum Gasteiger partial charge on any atom is -0.497 e. The highest BCUT2D eigenvalue weighted by molar-refractivity contribution is 5.88. The SMILES string of the molecule is COc1ccc(C(OCCCCNC(=O)[C@@H]2CCCN2C(=O)CCCCCO)(c2ccccc2)c2ccc(CO)cc2)cc1. The number of benzene rings is 3. The summed E-state index contributed by atoms with van der Waals surface area (Å²) < 4.78 is 12.3. The third-order valence-corrected chi connectivity index (χ3v) is 8.33. The van der Waals surface area contributed by atoms with E-state index in [-0.39, 0.29) is 25.0 Å². The molecule has 236 valence electrons. The van der Waals surface area contributed by atoms with E-state index in [1.54, 1.807) is 12.0 Å². The Kier molecular flexibility index (Phi) is 12.8. The molecule has 3 aromatic rings. The normalized spacial score (nSPS) is 16.0. The molecule has 0 bridgehead atoms. The van der Waals surface area contributed by atoms with Gasteiger partial charge in [0.15, 0.2) is 0 Å². The smallest absolute Gasteiger partial charge is 0.242 e. The number of amides is 2. The molecule has 0 spiro atoms. The summed E-state index contributed by atoms with van der Waals surface area (Å²) in [5, 5.41) is 21.7. The van der Waals surface area contributed by atoms with Gasteiger partial charge < -0.3 is 29.9 Å². The van der Waals surface area contributed by atoms with Crippen molar-refractivity contribution in [3.05, 3.63) is 101 Å². The molecule has 1 unspecified atom stereocenters. The summed E-state index contributed by atoms with van der Waals surface area (Å²) in [4.78, 5) is 27.4. The van der Waals surface area contributed by atoms with Crippen molar-refractivity contribution in [2.75, 3.05) is 33.4 Å². The Morgan fingerprint density at radius 3 is 2.20 bits per heavy atom.